The fourth-order valence-corrected chi connectivity index (χ4v) is 4.00. The van der Waals surface area contributed by atoms with E-state index in [4.69, 9.17) is 0 Å². The van der Waals surface area contributed by atoms with Crippen LogP contribution in [0.1, 0.15) is 28.2 Å². The predicted molar refractivity (Wildman–Crippen MR) is 88.2 cm³/mol. The van der Waals surface area contributed by atoms with Crippen molar-refractivity contribution in [3.63, 3.8) is 0 Å². The number of hydrogen-bond donors (Lipinski definition) is 0. The number of nitrogens with zero attached hydrogens (tertiary/aromatic N) is 1. The topological polar surface area (TPSA) is 3.24 Å². The van der Waals surface area contributed by atoms with Gasteiger partial charge in [0.25, 0.3) is 0 Å². The second-order valence-electron chi connectivity index (χ2n) is 6.51. The fourth-order valence-electron chi connectivity index (χ4n) is 4.00. The van der Waals surface area contributed by atoms with Crippen molar-refractivity contribution >= 4 is 5.57 Å². The third-order valence-electron chi connectivity index (χ3n) is 5.05. The Kier molecular flexibility index (Phi) is 2.97. The fraction of sp³-hybridized carbons (Fsp3) is 0.300. The van der Waals surface area contributed by atoms with Crippen molar-refractivity contribution in [3.8, 4) is 0 Å². The van der Waals surface area contributed by atoms with Gasteiger partial charge in [-0.1, -0.05) is 60.7 Å². The first-order valence-corrected chi connectivity index (χ1v) is 7.78. The van der Waals surface area contributed by atoms with E-state index in [0.717, 1.165) is 19.6 Å². The van der Waals surface area contributed by atoms with E-state index >= 15 is 0 Å². The van der Waals surface area contributed by atoms with Crippen LogP contribution in [-0.2, 0) is 6.54 Å². The zero-order valence-electron chi connectivity index (χ0n) is 12.5. The molecule has 0 aromatic heterocycles. The van der Waals surface area contributed by atoms with Gasteiger partial charge in [0.2, 0.25) is 0 Å². The molecule has 21 heavy (non-hydrogen) atoms. The maximum atomic E-state index is 4.39. The average molecular weight is 275 g/mol. The molecule has 1 heteroatoms. The summed E-state index contributed by atoms with van der Waals surface area (Å²) in [5.41, 5.74) is 7.05. The molecule has 0 N–H and O–H groups in total. The van der Waals surface area contributed by atoms with E-state index in [9.17, 15) is 0 Å². The van der Waals surface area contributed by atoms with Gasteiger partial charge in [-0.2, -0.15) is 0 Å². The largest absolute Gasteiger partial charge is 0.298 e. The Bertz CT molecular complexity index is 686. The molecule has 0 bridgehead atoms. The number of fused-ring (bicyclic) bond motifs is 3. The molecule has 2 aromatic rings. The molecule has 0 radical (unpaired) electrons. The van der Waals surface area contributed by atoms with Crippen LogP contribution in [0.5, 0.6) is 0 Å². The number of rotatable bonds is 2. The molecule has 0 amide bonds. The molecule has 4 rings (SSSR count). The minimum Gasteiger partial charge on any atom is -0.298 e. The third-order valence-corrected chi connectivity index (χ3v) is 5.05. The molecule has 2 atom stereocenters. The highest BCUT2D eigenvalue weighted by Gasteiger charge is 2.41. The van der Waals surface area contributed by atoms with Crippen molar-refractivity contribution in [2.75, 3.05) is 13.1 Å². The predicted octanol–water partition coefficient (Wildman–Crippen LogP) is 4.24. The van der Waals surface area contributed by atoms with Gasteiger partial charge in [-0.05, 0) is 29.2 Å². The first-order chi connectivity index (χ1) is 10.2. The van der Waals surface area contributed by atoms with Crippen molar-refractivity contribution in [2.45, 2.75) is 19.4 Å². The number of benzene rings is 2. The summed E-state index contributed by atoms with van der Waals surface area (Å²) < 4.78 is 0. The molecule has 0 spiro atoms. The summed E-state index contributed by atoms with van der Waals surface area (Å²) in [6.45, 7) is 9.93. The van der Waals surface area contributed by atoms with Gasteiger partial charge >= 0.3 is 0 Å². The molecule has 1 fully saturated rings. The zero-order valence-corrected chi connectivity index (χ0v) is 12.5. The van der Waals surface area contributed by atoms with E-state index in [-0.39, 0.29) is 0 Å². The SMILES string of the molecule is C=C1c2cc(C)ccc2C2CN(Cc3ccccc3)CC12. The van der Waals surface area contributed by atoms with E-state index in [0.29, 0.717) is 11.8 Å². The van der Waals surface area contributed by atoms with Crippen molar-refractivity contribution in [3.05, 3.63) is 77.4 Å². The lowest BCUT2D eigenvalue weighted by atomic mass is 9.95. The summed E-state index contributed by atoms with van der Waals surface area (Å²) in [4.78, 5) is 2.58. The Morgan fingerprint density at radius 3 is 2.62 bits per heavy atom. The molecule has 106 valence electrons. The van der Waals surface area contributed by atoms with Gasteiger partial charge in [0.1, 0.15) is 0 Å². The van der Waals surface area contributed by atoms with E-state index in [2.05, 4.69) is 66.9 Å². The van der Waals surface area contributed by atoms with E-state index in [1.165, 1.54) is 27.8 Å². The van der Waals surface area contributed by atoms with Gasteiger partial charge in [-0.3, -0.25) is 4.90 Å². The van der Waals surface area contributed by atoms with Crippen LogP contribution in [0.4, 0.5) is 0 Å². The molecule has 2 aliphatic rings. The van der Waals surface area contributed by atoms with Crippen LogP contribution in [0.25, 0.3) is 5.57 Å². The Morgan fingerprint density at radius 1 is 1.05 bits per heavy atom. The van der Waals surface area contributed by atoms with Crippen LogP contribution in [0, 0.1) is 12.8 Å². The Balaban J connectivity index is 1.57. The second-order valence-corrected chi connectivity index (χ2v) is 6.51. The molecule has 1 nitrogen and oxygen atoms in total. The van der Waals surface area contributed by atoms with E-state index < -0.39 is 0 Å². The lowest BCUT2D eigenvalue weighted by molar-refractivity contribution is 0.322. The van der Waals surface area contributed by atoms with E-state index in [1.807, 2.05) is 0 Å². The monoisotopic (exact) mass is 275 g/mol. The first-order valence-electron chi connectivity index (χ1n) is 7.78. The van der Waals surface area contributed by atoms with Gasteiger partial charge in [0.15, 0.2) is 0 Å². The van der Waals surface area contributed by atoms with Crippen molar-refractivity contribution < 1.29 is 0 Å². The first kappa shape index (κ1) is 12.8. The third kappa shape index (κ3) is 2.13. The van der Waals surface area contributed by atoms with Crippen LogP contribution in [0.15, 0.2) is 55.1 Å². The Labute approximate surface area is 126 Å². The standard InChI is InChI=1S/C20H21N/c1-14-8-9-17-18(10-14)15(2)19-12-21(13-20(17)19)11-16-6-4-3-5-7-16/h3-10,19-20H,2,11-13H2,1H3. The molecular weight excluding hydrogens is 254 g/mol. The Morgan fingerprint density at radius 2 is 1.81 bits per heavy atom. The maximum Gasteiger partial charge on any atom is 0.0234 e. The summed E-state index contributed by atoms with van der Waals surface area (Å²) in [5.74, 6) is 1.27. The van der Waals surface area contributed by atoms with Crippen molar-refractivity contribution in [1.82, 2.24) is 4.90 Å². The molecule has 1 heterocycles. The molecule has 0 saturated carbocycles. The lowest BCUT2D eigenvalue weighted by Crippen LogP contribution is -2.21. The average Bonchev–Trinajstić information content (AvgIpc) is 3.00. The molecule has 1 aliphatic heterocycles. The van der Waals surface area contributed by atoms with Crippen molar-refractivity contribution in [2.24, 2.45) is 5.92 Å². The van der Waals surface area contributed by atoms with Crippen molar-refractivity contribution in [1.29, 1.82) is 0 Å². The molecule has 2 unspecified atom stereocenters. The summed E-state index contributed by atoms with van der Waals surface area (Å²) in [6.07, 6.45) is 0. The zero-order chi connectivity index (χ0) is 14.4. The van der Waals surface area contributed by atoms with Gasteiger partial charge < -0.3 is 0 Å². The summed E-state index contributed by atoms with van der Waals surface area (Å²) >= 11 is 0. The minimum absolute atomic E-state index is 0.616. The summed E-state index contributed by atoms with van der Waals surface area (Å²) in [7, 11) is 0. The maximum absolute atomic E-state index is 4.39. The van der Waals surface area contributed by atoms with Gasteiger partial charge in [-0.15, -0.1) is 0 Å². The van der Waals surface area contributed by atoms with E-state index in [1.54, 1.807) is 0 Å². The van der Waals surface area contributed by atoms with Crippen LogP contribution in [0.3, 0.4) is 0 Å². The molecular formula is C20H21N. The van der Waals surface area contributed by atoms with Gasteiger partial charge in [0, 0.05) is 31.5 Å². The summed E-state index contributed by atoms with van der Waals surface area (Å²) in [5, 5.41) is 0. The highest BCUT2D eigenvalue weighted by molar-refractivity contribution is 5.75. The lowest BCUT2D eigenvalue weighted by Gasteiger charge is -2.18. The number of aryl methyl sites for hydroxylation is 1. The second kappa shape index (κ2) is 4.85. The minimum atomic E-state index is 0.616. The molecule has 2 aromatic carbocycles. The van der Waals surface area contributed by atoms with Gasteiger partial charge in [0.05, 0.1) is 0 Å². The number of hydrogen-bond acceptors (Lipinski definition) is 1. The highest BCUT2D eigenvalue weighted by Crippen LogP contribution is 2.49. The molecule has 1 aliphatic carbocycles. The Hall–Kier alpha value is -1.86. The summed E-state index contributed by atoms with van der Waals surface area (Å²) in [6, 6.07) is 17.7. The quantitative estimate of drug-likeness (QED) is 0.792. The van der Waals surface area contributed by atoms with Crippen LogP contribution < -0.4 is 0 Å². The number of likely N-dealkylation sites (tertiary alicyclic amines) is 1. The van der Waals surface area contributed by atoms with Crippen LogP contribution >= 0.6 is 0 Å². The molecule has 1 saturated heterocycles. The van der Waals surface area contributed by atoms with Crippen LogP contribution in [-0.4, -0.2) is 18.0 Å². The normalized spacial score (nSPS) is 24.1. The smallest absolute Gasteiger partial charge is 0.0234 e. The van der Waals surface area contributed by atoms with Crippen LogP contribution in [0.2, 0.25) is 0 Å². The highest BCUT2D eigenvalue weighted by atomic mass is 15.2. The van der Waals surface area contributed by atoms with Gasteiger partial charge in [-0.25, -0.2) is 0 Å².